The number of carboxylic acids is 1. The van der Waals surface area contributed by atoms with Crippen molar-refractivity contribution >= 4 is 24.8 Å². The molecule has 0 fully saturated rings. The summed E-state index contributed by atoms with van der Waals surface area (Å²) < 4.78 is 0. The van der Waals surface area contributed by atoms with Gasteiger partial charge in [0.15, 0.2) is 0 Å². The molecule has 0 aliphatic rings. The molecule has 0 radical (unpaired) electrons. The van der Waals surface area contributed by atoms with Gasteiger partial charge < -0.3 is 10.8 Å². The first-order valence-electron chi connectivity index (χ1n) is 3.08. The predicted molar refractivity (Wildman–Crippen MR) is 42.2 cm³/mol. The van der Waals surface area contributed by atoms with Crippen LogP contribution in [0.4, 0.5) is 0 Å². The summed E-state index contributed by atoms with van der Waals surface area (Å²) in [5, 5.41) is 8.36. The summed E-state index contributed by atoms with van der Waals surface area (Å²) in [7, 11) is 0. The molecule has 0 aromatic carbocycles. The summed E-state index contributed by atoms with van der Waals surface area (Å²) >= 11 is 0. The van der Waals surface area contributed by atoms with Gasteiger partial charge in [0.05, 0.1) is 0 Å². The van der Waals surface area contributed by atoms with Crippen LogP contribution < -0.4 is 5.73 Å². The van der Waals surface area contributed by atoms with E-state index in [2.05, 4.69) is 0 Å². The van der Waals surface area contributed by atoms with Crippen LogP contribution >= 0.6 is 0 Å². The van der Waals surface area contributed by atoms with Gasteiger partial charge in [0.25, 0.3) is 0 Å². The van der Waals surface area contributed by atoms with Crippen molar-refractivity contribution in [1.82, 2.24) is 0 Å². The maximum atomic E-state index is 10.2. The molecule has 0 amide bonds. The summed E-state index contributed by atoms with van der Waals surface area (Å²) in [6, 6.07) is -0.699. The summed E-state index contributed by atoms with van der Waals surface area (Å²) in [4.78, 5) is 10.2. The maximum absolute atomic E-state index is 10.2. The Morgan fingerprint density at radius 3 is 2.20 bits per heavy atom. The molecule has 4 heteroatoms. The number of nitrogens with two attached hydrogens (primary N) is 1. The first-order chi connectivity index (χ1) is 4.09. The third-order valence-electron chi connectivity index (χ3n) is 1.54. The zero-order chi connectivity index (χ0) is 7.44. The van der Waals surface area contributed by atoms with E-state index in [4.69, 9.17) is 10.8 Å². The fourth-order valence-electron chi connectivity index (χ4n) is 0.497. The van der Waals surface area contributed by atoms with Crippen molar-refractivity contribution in [2.24, 2.45) is 11.7 Å². The topological polar surface area (TPSA) is 63.3 Å². The van der Waals surface area contributed by atoms with E-state index < -0.39 is 12.0 Å². The molecule has 0 heterocycles. The molecule has 0 rings (SSSR count). The van der Waals surface area contributed by atoms with E-state index in [1.807, 2.05) is 13.8 Å². The van der Waals surface area contributed by atoms with Crippen LogP contribution in [0, 0.1) is 5.92 Å². The molecule has 0 unspecified atom stereocenters. The second-order valence-electron chi connectivity index (χ2n) is 2.25. The summed E-state index contributed by atoms with van der Waals surface area (Å²) in [6.07, 6.45) is 0.813. The Balaban J connectivity index is 0. The molecule has 3 nitrogen and oxygen atoms in total. The van der Waals surface area contributed by atoms with E-state index in [0.29, 0.717) is 0 Å². The van der Waals surface area contributed by atoms with Crippen LogP contribution in [0.3, 0.4) is 0 Å². The molecule has 0 aromatic rings. The Morgan fingerprint density at radius 2 is 2.10 bits per heavy atom. The van der Waals surface area contributed by atoms with Gasteiger partial charge in [0.2, 0.25) is 0 Å². The van der Waals surface area contributed by atoms with Gasteiger partial charge in [-0.2, -0.15) is 0 Å². The van der Waals surface area contributed by atoms with Gasteiger partial charge in [0, 0.05) is 0 Å². The normalized spacial score (nSPS) is 15.1. The monoisotopic (exact) mass is 139 g/mol. The molecule has 0 bridgehead atoms. The molecular formula is C6H14LiNO2. The van der Waals surface area contributed by atoms with Crippen molar-refractivity contribution in [3.8, 4) is 0 Å². The standard InChI is InChI=1S/C6H13NO2.Li.H/c1-3-4(2)5(7)6(8)9;;/h4-5H,3,7H2,1-2H3,(H,8,9);;/t4-,5-;;/m0../s1. The van der Waals surface area contributed by atoms with Gasteiger partial charge in [-0.25, -0.2) is 0 Å². The Labute approximate surface area is 73.2 Å². The van der Waals surface area contributed by atoms with Crippen molar-refractivity contribution in [3.63, 3.8) is 0 Å². The van der Waals surface area contributed by atoms with Crippen molar-refractivity contribution in [1.29, 1.82) is 0 Å². The fourth-order valence-corrected chi connectivity index (χ4v) is 0.497. The molecule has 2 atom stereocenters. The van der Waals surface area contributed by atoms with Gasteiger partial charge in [-0.1, -0.05) is 20.3 Å². The van der Waals surface area contributed by atoms with Gasteiger partial charge >= 0.3 is 24.8 Å². The van der Waals surface area contributed by atoms with Gasteiger partial charge in [-0.05, 0) is 5.92 Å². The summed E-state index contributed by atoms with van der Waals surface area (Å²) in [5.74, 6) is -0.841. The Morgan fingerprint density at radius 1 is 1.70 bits per heavy atom. The number of rotatable bonds is 3. The number of hydrogen-bond acceptors (Lipinski definition) is 2. The molecule has 0 aliphatic heterocycles. The van der Waals surface area contributed by atoms with Crippen LogP contribution in [0.15, 0.2) is 0 Å². The number of hydrogen-bond donors (Lipinski definition) is 2. The van der Waals surface area contributed by atoms with Crippen LogP contribution in [0.1, 0.15) is 20.3 Å². The third-order valence-corrected chi connectivity index (χ3v) is 1.54. The number of carbonyl (C=O) groups is 1. The molecule has 0 saturated heterocycles. The van der Waals surface area contributed by atoms with E-state index in [9.17, 15) is 4.79 Å². The van der Waals surface area contributed by atoms with E-state index in [0.717, 1.165) is 6.42 Å². The zero-order valence-electron chi connectivity index (χ0n) is 5.79. The molecule has 0 aliphatic carbocycles. The summed E-state index contributed by atoms with van der Waals surface area (Å²) in [6.45, 7) is 3.76. The van der Waals surface area contributed by atoms with Crippen LogP contribution in [0.5, 0.6) is 0 Å². The van der Waals surface area contributed by atoms with Crippen LogP contribution in [-0.4, -0.2) is 36.0 Å². The number of carboxylic acid groups (broad SMARTS) is 1. The SMILES string of the molecule is CC[C@H](C)[C@H](N)C(=O)O.[LiH]. The molecule has 3 N–H and O–H groups in total. The van der Waals surface area contributed by atoms with Crippen LogP contribution in [0.2, 0.25) is 0 Å². The Bertz CT molecular complexity index is 108. The van der Waals surface area contributed by atoms with Crippen molar-refractivity contribution in [2.75, 3.05) is 0 Å². The first kappa shape index (κ1) is 12.7. The first-order valence-corrected chi connectivity index (χ1v) is 3.08. The van der Waals surface area contributed by atoms with Crippen LogP contribution in [-0.2, 0) is 4.79 Å². The van der Waals surface area contributed by atoms with Crippen molar-refractivity contribution < 1.29 is 9.90 Å². The van der Waals surface area contributed by atoms with E-state index in [1.54, 1.807) is 0 Å². The van der Waals surface area contributed by atoms with Gasteiger partial charge in [0.1, 0.15) is 6.04 Å². The van der Waals surface area contributed by atoms with Crippen molar-refractivity contribution in [2.45, 2.75) is 26.3 Å². The Hall–Kier alpha value is 0.0274. The molecule has 0 saturated carbocycles. The molecule has 56 valence electrons. The average Bonchev–Trinajstić information content (AvgIpc) is 1.84. The molecule has 0 aromatic heterocycles. The van der Waals surface area contributed by atoms with Gasteiger partial charge in [-0.15, -0.1) is 0 Å². The minimum absolute atomic E-state index is 0. The number of aliphatic carboxylic acids is 1. The third kappa shape index (κ3) is 3.94. The Kier molecular flexibility index (Phi) is 7.34. The molecule has 0 spiro atoms. The van der Waals surface area contributed by atoms with Crippen LogP contribution in [0.25, 0.3) is 0 Å². The second-order valence-corrected chi connectivity index (χ2v) is 2.25. The predicted octanol–water partition coefficient (Wildman–Crippen LogP) is -0.204. The fraction of sp³-hybridized carbons (Fsp3) is 0.833. The quantitative estimate of drug-likeness (QED) is 0.532. The zero-order valence-corrected chi connectivity index (χ0v) is 5.79. The van der Waals surface area contributed by atoms with Crippen molar-refractivity contribution in [3.05, 3.63) is 0 Å². The van der Waals surface area contributed by atoms with E-state index in [-0.39, 0.29) is 24.8 Å². The molecule has 10 heavy (non-hydrogen) atoms. The van der Waals surface area contributed by atoms with E-state index in [1.165, 1.54) is 0 Å². The minimum atomic E-state index is -0.913. The molecular weight excluding hydrogens is 125 g/mol. The summed E-state index contributed by atoms with van der Waals surface area (Å²) in [5.41, 5.74) is 5.27. The van der Waals surface area contributed by atoms with Gasteiger partial charge in [-0.3, -0.25) is 4.79 Å². The second kappa shape index (κ2) is 5.79. The van der Waals surface area contributed by atoms with E-state index >= 15 is 0 Å². The average molecular weight is 139 g/mol.